The van der Waals surface area contributed by atoms with Gasteiger partial charge in [-0.2, -0.15) is 0 Å². The lowest BCUT2D eigenvalue weighted by Gasteiger charge is -2.12. The van der Waals surface area contributed by atoms with E-state index < -0.39 is 0 Å². The van der Waals surface area contributed by atoms with E-state index in [4.69, 9.17) is 10.2 Å². The molecule has 0 saturated heterocycles. The molecule has 0 saturated carbocycles. The Morgan fingerprint density at radius 3 is 2.77 bits per heavy atom. The Labute approximate surface area is 77.9 Å². The normalized spacial score (nSPS) is 10.4. The molecule has 1 heterocycles. The largest absolute Gasteiger partial charge is 0.407 e. The van der Waals surface area contributed by atoms with Crippen LogP contribution < -0.4 is 10.6 Å². The Kier molecular flexibility index (Phi) is 3.70. The van der Waals surface area contributed by atoms with Crippen molar-refractivity contribution in [1.29, 1.82) is 0 Å². The molecule has 1 aromatic rings. The first-order valence-electron chi connectivity index (χ1n) is 4.51. The van der Waals surface area contributed by atoms with Gasteiger partial charge in [0.1, 0.15) is 0 Å². The van der Waals surface area contributed by atoms with Gasteiger partial charge in [-0.05, 0) is 6.42 Å². The van der Waals surface area contributed by atoms with Crippen molar-refractivity contribution in [1.82, 2.24) is 10.2 Å². The van der Waals surface area contributed by atoms with Gasteiger partial charge in [-0.1, -0.05) is 18.4 Å². The molecule has 0 aliphatic rings. The van der Waals surface area contributed by atoms with Crippen molar-refractivity contribution < 1.29 is 4.42 Å². The van der Waals surface area contributed by atoms with Crippen LogP contribution in [-0.2, 0) is 6.54 Å². The Hall–Kier alpha value is -1.10. The minimum absolute atomic E-state index is 0.300. The monoisotopic (exact) mass is 184 g/mol. The summed E-state index contributed by atoms with van der Waals surface area (Å²) in [5, 5.41) is 7.65. The van der Waals surface area contributed by atoms with Crippen LogP contribution in [0.1, 0.15) is 25.7 Å². The van der Waals surface area contributed by atoms with E-state index in [-0.39, 0.29) is 0 Å². The molecule has 0 aliphatic heterocycles. The highest BCUT2D eigenvalue weighted by molar-refractivity contribution is 5.21. The van der Waals surface area contributed by atoms with Gasteiger partial charge < -0.3 is 15.1 Å². The standard InChI is InChI=1S/C8H16N4O/c1-3-4-5-12(2)8-11-10-7(6-9)13-8/h3-6,9H2,1-2H3. The van der Waals surface area contributed by atoms with E-state index in [9.17, 15) is 0 Å². The topological polar surface area (TPSA) is 68.2 Å². The highest BCUT2D eigenvalue weighted by Crippen LogP contribution is 2.10. The molecule has 0 unspecified atom stereocenters. The Balaban J connectivity index is 2.50. The molecule has 0 amide bonds. The molecule has 0 spiro atoms. The highest BCUT2D eigenvalue weighted by Gasteiger charge is 2.08. The fourth-order valence-corrected chi connectivity index (χ4v) is 0.972. The van der Waals surface area contributed by atoms with Crippen LogP contribution in [0.5, 0.6) is 0 Å². The molecular weight excluding hydrogens is 168 g/mol. The summed E-state index contributed by atoms with van der Waals surface area (Å²) in [4.78, 5) is 1.94. The molecule has 5 nitrogen and oxygen atoms in total. The second kappa shape index (κ2) is 4.81. The zero-order valence-corrected chi connectivity index (χ0v) is 8.16. The number of nitrogens with two attached hydrogens (primary N) is 1. The molecule has 1 rings (SSSR count). The van der Waals surface area contributed by atoms with Gasteiger partial charge in [-0.15, -0.1) is 5.10 Å². The predicted octanol–water partition coefficient (Wildman–Crippen LogP) is 0.765. The van der Waals surface area contributed by atoms with Crippen molar-refractivity contribution in [3.63, 3.8) is 0 Å². The molecule has 1 aromatic heterocycles. The summed E-state index contributed by atoms with van der Waals surface area (Å²) in [6, 6.07) is 0.550. The van der Waals surface area contributed by atoms with Crippen molar-refractivity contribution in [2.24, 2.45) is 5.73 Å². The lowest BCUT2D eigenvalue weighted by molar-refractivity contribution is 0.489. The van der Waals surface area contributed by atoms with Crippen molar-refractivity contribution in [3.05, 3.63) is 5.89 Å². The van der Waals surface area contributed by atoms with Crippen LogP contribution in [0, 0.1) is 0 Å². The van der Waals surface area contributed by atoms with Gasteiger partial charge in [-0.25, -0.2) is 0 Å². The summed E-state index contributed by atoms with van der Waals surface area (Å²) >= 11 is 0. The first kappa shape index (κ1) is 9.98. The third-order valence-corrected chi connectivity index (χ3v) is 1.80. The summed E-state index contributed by atoms with van der Waals surface area (Å²) in [6.45, 7) is 3.38. The maximum absolute atomic E-state index is 5.35. The van der Waals surface area contributed by atoms with Gasteiger partial charge in [0.15, 0.2) is 0 Å². The van der Waals surface area contributed by atoms with E-state index in [0.29, 0.717) is 18.5 Å². The summed E-state index contributed by atoms with van der Waals surface area (Å²) < 4.78 is 5.27. The molecule has 0 aromatic carbocycles. The first-order valence-corrected chi connectivity index (χ1v) is 4.51. The maximum Gasteiger partial charge on any atom is 0.317 e. The molecule has 0 atom stereocenters. The number of anilines is 1. The SMILES string of the molecule is CCCCN(C)c1nnc(CN)o1. The van der Waals surface area contributed by atoms with Crippen molar-refractivity contribution in [2.45, 2.75) is 26.3 Å². The quantitative estimate of drug-likeness (QED) is 0.731. The van der Waals surface area contributed by atoms with Crippen LogP contribution in [0.4, 0.5) is 6.01 Å². The Bertz CT molecular complexity index is 248. The fraction of sp³-hybridized carbons (Fsp3) is 0.750. The molecule has 2 N–H and O–H groups in total. The van der Waals surface area contributed by atoms with E-state index in [1.807, 2.05) is 11.9 Å². The lowest BCUT2D eigenvalue weighted by atomic mass is 10.3. The van der Waals surface area contributed by atoms with Crippen LogP contribution in [0.15, 0.2) is 4.42 Å². The summed E-state index contributed by atoms with van der Waals surface area (Å²) in [6.07, 6.45) is 2.28. The molecule has 0 bridgehead atoms. The molecular formula is C8H16N4O. The van der Waals surface area contributed by atoms with Gasteiger partial charge in [0, 0.05) is 13.6 Å². The summed E-state index contributed by atoms with van der Waals surface area (Å²) in [7, 11) is 1.93. The second-order valence-electron chi connectivity index (χ2n) is 2.96. The van der Waals surface area contributed by atoms with Gasteiger partial charge in [0.25, 0.3) is 0 Å². The lowest BCUT2D eigenvalue weighted by Crippen LogP contribution is -2.18. The summed E-state index contributed by atoms with van der Waals surface area (Å²) in [5.41, 5.74) is 5.35. The number of nitrogens with zero attached hydrogens (tertiary/aromatic N) is 3. The van der Waals surface area contributed by atoms with Crippen LogP contribution in [0.25, 0.3) is 0 Å². The summed E-state index contributed by atoms with van der Waals surface area (Å²) in [5.74, 6) is 0.485. The van der Waals surface area contributed by atoms with E-state index in [1.54, 1.807) is 0 Å². The van der Waals surface area contributed by atoms with E-state index >= 15 is 0 Å². The molecule has 74 valence electrons. The smallest absolute Gasteiger partial charge is 0.317 e. The van der Waals surface area contributed by atoms with Crippen molar-refractivity contribution in [2.75, 3.05) is 18.5 Å². The van der Waals surface area contributed by atoms with Crippen LogP contribution in [0.2, 0.25) is 0 Å². The Morgan fingerprint density at radius 2 is 2.23 bits per heavy atom. The van der Waals surface area contributed by atoms with Crippen LogP contribution in [0.3, 0.4) is 0 Å². The predicted molar refractivity (Wildman–Crippen MR) is 50.4 cm³/mol. The van der Waals surface area contributed by atoms with Crippen molar-refractivity contribution >= 4 is 6.01 Å². The fourth-order valence-electron chi connectivity index (χ4n) is 0.972. The highest BCUT2D eigenvalue weighted by atomic mass is 16.4. The number of hydrogen-bond donors (Lipinski definition) is 1. The second-order valence-corrected chi connectivity index (χ2v) is 2.96. The van der Waals surface area contributed by atoms with E-state index in [1.165, 1.54) is 0 Å². The average molecular weight is 184 g/mol. The molecule has 0 radical (unpaired) electrons. The maximum atomic E-state index is 5.35. The van der Waals surface area contributed by atoms with Gasteiger partial charge in [-0.3, -0.25) is 0 Å². The number of rotatable bonds is 5. The molecule has 0 fully saturated rings. The zero-order valence-electron chi connectivity index (χ0n) is 8.16. The molecule has 13 heavy (non-hydrogen) atoms. The third-order valence-electron chi connectivity index (χ3n) is 1.80. The molecule has 0 aliphatic carbocycles. The third kappa shape index (κ3) is 2.69. The Morgan fingerprint density at radius 1 is 1.46 bits per heavy atom. The van der Waals surface area contributed by atoms with Gasteiger partial charge >= 0.3 is 6.01 Å². The van der Waals surface area contributed by atoms with Gasteiger partial charge in [0.05, 0.1) is 6.54 Å². The number of hydrogen-bond acceptors (Lipinski definition) is 5. The zero-order chi connectivity index (χ0) is 9.68. The average Bonchev–Trinajstić information content (AvgIpc) is 2.62. The first-order chi connectivity index (χ1) is 6.27. The van der Waals surface area contributed by atoms with Crippen LogP contribution in [-0.4, -0.2) is 23.8 Å². The van der Waals surface area contributed by atoms with E-state index in [2.05, 4.69) is 17.1 Å². The van der Waals surface area contributed by atoms with E-state index in [0.717, 1.165) is 19.4 Å². The minimum atomic E-state index is 0.300. The van der Waals surface area contributed by atoms with Crippen molar-refractivity contribution in [3.8, 4) is 0 Å². The van der Waals surface area contributed by atoms with Crippen LogP contribution >= 0.6 is 0 Å². The number of aromatic nitrogens is 2. The molecule has 5 heteroatoms. The van der Waals surface area contributed by atoms with Gasteiger partial charge in [0.2, 0.25) is 5.89 Å². The number of unbranched alkanes of at least 4 members (excludes halogenated alkanes) is 1. The minimum Gasteiger partial charge on any atom is -0.407 e.